The summed E-state index contributed by atoms with van der Waals surface area (Å²) in [5.41, 5.74) is 5.64. The summed E-state index contributed by atoms with van der Waals surface area (Å²) in [6.45, 7) is 7.26. The second kappa shape index (κ2) is 6.02. The molecule has 3 aromatic heterocycles. The second-order valence-corrected chi connectivity index (χ2v) is 7.18. The molecule has 1 unspecified atom stereocenters. The number of ether oxygens (including phenoxy) is 1. The highest BCUT2D eigenvalue weighted by Crippen LogP contribution is 2.33. The Morgan fingerprint density at radius 3 is 2.96 bits per heavy atom. The lowest BCUT2D eigenvalue weighted by Gasteiger charge is -2.29. The Labute approximate surface area is 152 Å². The van der Waals surface area contributed by atoms with Crippen LogP contribution in [-0.2, 0) is 17.7 Å². The van der Waals surface area contributed by atoms with Crippen LogP contribution in [0.3, 0.4) is 0 Å². The van der Waals surface area contributed by atoms with Gasteiger partial charge in [0.15, 0.2) is 5.82 Å². The van der Waals surface area contributed by atoms with E-state index in [4.69, 9.17) is 14.7 Å². The van der Waals surface area contributed by atoms with Crippen LogP contribution in [0.15, 0.2) is 18.5 Å². The van der Waals surface area contributed by atoms with Gasteiger partial charge in [-0.15, -0.1) is 0 Å². The summed E-state index contributed by atoms with van der Waals surface area (Å²) in [4.78, 5) is 16.5. The zero-order chi connectivity index (χ0) is 17.7. The van der Waals surface area contributed by atoms with E-state index >= 15 is 0 Å². The van der Waals surface area contributed by atoms with Crippen molar-refractivity contribution in [1.29, 1.82) is 0 Å². The molecule has 0 spiro atoms. The predicted molar refractivity (Wildman–Crippen MR) is 97.4 cm³/mol. The quantitative estimate of drug-likeness (QED) is 0.706. The maximum atomic E-state index is 5.60. The fraction of sp³-hybridized carbons (Fsp3) is 0.474. The molecule has 0 saturated carbocycles. The van der Waals surface area contributed by atoms with Crippen molar-refractivity contribution in [3.05, 3.63) is 46.9 Å². The number of aromatic nitrogens is 5. The standard InChI is InChI=1S/C19H22N6O/c1-12-3-4-14-5-7-24(9-16(14)22-12)19-18-17(15-6-8-26-10-15)23-13(2)25(18)21-11-20-19/h3-4,11,15H,5-10H2,1-2H3. The molecule has 1 fully saturated rings. The van der Waals surface area contributed by atoms with Gasteiger partial charge in [0.25, 0.3) is 0 Å². The van der Waals surface area contributed by atoms with Crippen LogP contribution in [0.2, 0.25) is 0 Å². The molecule has 7 nitrogen and oxygen atoms in total. The fourth-order valence-corrected chi connectivity index (χ4v) is 4.05. The molecule has 1 atom stereocenters. The molecule has 0 N–H and O–H groups in total. The number of aryl methyl sites for hydroxylation is 2. The van der Waals surface area contributed by atoms with E-state index in [1.165, 1.54) is 5.56 Å². The number of anilines is 1. The predicted octanol–water partition coefficient (Wildman–Crippen LogP) is 2.20. The Morgan fingerprint density at radius 2 is 2.12 bits per heavy atom. The molecule has 0 aromatic carbocycles. The van der Waals surface area contributed by atoms with Gasteiger partial charge in [-0.05, 0) is 38.3 Å². The van der Waals surface area contributed by atoms with E-state index < -0.39 is 0 Å². The molecule has 0 aliphatic carbocycles. The smallest absolute Gasteiger partial charge is 0.158 e. The molecule has 0 amide bonds. The fourth-order valence-electron chi connectivity index (χ4n) is 4.05. The van der Waals surface area contributed by atoms with Crippen molar-refractivity contribution in [2.24, 2.45) is 0 Å². The highest BCUT2D eigenvalue weighted by atomic mass is 16.5. The Hall–Kier alpha value is -2.54. The third-order valence-corrected chi connectivity index (χ3v) is 5.42. The lowest BCUT2D eigenvalue weighted by molar-refractivity contribution is 0.193. The normalized spacial score (nSPS) is 19.9. The molecule has 26 heavy (non-hydrogen) atoms. The number of rotatable bonds is 2. The average Bonchev–Trinajstić information content (AvgIpc) is 3.29. The summed E-state index contributed by atoms with van der Waals surface area (Å²) in [5.74, 6) is 2.18. The van der Waals surface area contributed by atoms with Gasteiger partial charge in [-0.2, -0.15) is 5.10 Å². The first kappa shape index (κ1) is 15.7. The van der Waals surface area contributed by atoms with Gasteiger partial charge in [0.1, 0.15) is 17.7 Å². The average molecular weight is 350 g/mol. The van der Waals surface area contributed by atoms with Gasteiger partial charge < -0.3 is 9.64 Å². The summed E-state index contributed by atoms with van der Waals surface area (Å²) < 4.78 is 7.53. The van der Waals surface area contributed by atoms with Crippen molar-refractivity contribution in [2.75, 3.05) is 24.7 Å². The highest BCUT2D eigenvalue weighted by Gasteiger charge is 2.28. The van der Waals surface area contributed by atoms with Crippen molar-refractivity contribution < 1.29 is 4.74 Å². The van der Waals surface area contributed by atoms with Gasteiger partial charge in [-0.3, -0.25) is 4.98 Å². The van der Waals surface area contributed by atoms with Gasteiger partial charge in [0.2, 0.25) is 0 Å². The van der Waals surface area contributed by atoms with E-state index in [1.54, 1.807) is 6.33 Å². The lowest BCUT2D eigenvalue weighted by atomic mass is 10.0. The van der Waals surface area contributed by atoms with Crippen molar-refractivity contribution >= 4 is 11.3 Å². The summed E-state index contributed by atoms with van der Waals surface area (Å²) in [6, 6.07) is 4.30. The van der Waals surface area contributed by atoms with Crippen LogP contribution < -0.4 is 4.90 Å². The first-order chi connectivity index (χ1) is 12.7. The molecule has 0 bridgehead atoms. The number of hydrogen-bond acceptors (Lipinski definition) is 6. The van der Waals surface area contributed by atoms with Crippen molar-refractivity contribution in [3.8, 4) is 0 Å². The van der Waals surface area contributed by atoms with Gasteiger partial charge in [0.05, 0.1) is 24.5 Å². The Bertz CT molecular complexity index is 976. The summed E-state index contributed by atoms with van der Waals surface area (Å²) in [6.07, 6.45) is 3.61. The zero-order valence-electron chi connectivity index (χ0n) is 15.1. The summed E-state index contributed by atoms with van der Waals surface area (Å²) >= 11 is 0. The van der Waals surface area contributed by atoms with Crippen LogP contribution >= 0.6 is 0 Å². The SMILES string of the molecule is Cc1ccc2c(n1)CN(c1ncnn3c(C)nc(C4CCOC4)c13)CC2. The molecular weight excluding hydrogens is 328 g/mol. The third-order valence-electron chi connectivity index (χ3n) is 5.42. The van der Waals surface area contributed by atoms with Crippen LogP contribution in [0.25, 0.3) is 5.52 Å². The van der Waals surface area contributed by atoms with E-state index in [2.05, 4.69) is 27.1 Å². The molecular formula is C19H22N6O. The molecule has 7 heteroatoms. The Morgan fingerprint density at radius 1 is 1.19 bits per heavy atom. The van der Waals surface area contributed by atoms with Crippen LogP contribution in [0.4, 0.5) is 5.82 Å². The molecule has 5 heterocycles. The van der Waals surface area contributed by atoms with E-state index in [1.807, 2.05) is 18.4 Å². The molecule has 0 radical (unpaired) electrons. The first-order valence-corrected chi connectivity index (χ1v) is 9.19. The zero-order valence-corrected chi connectivity index (χ0v) is 15.1. The molecule has 1 saturated heterocycles. The van der Waals surface area contributed by atoms with Crippen molar-refractivity contribution in [1.82, 2.24) is 24.6 Å². The topological polar surface area (TPSA) is 68.4 Å². The third kappa shape index (κ3) is 2.46. The maximum absolute atomic E-state index is 5.60. The summed E-state index contributed by atoms with van der Waals surface area (Å²) in [5, 5.41) is 4.45. The van der Waals surface area contributed by atoms with Gasteiger partial charge in [0, 0.05) is 24.8 Å². The Kier molecular flexibility index (Phi) is 3.63. The molecule has 2 aliphatic heterocycles. The van der Waals surface area contributed by atoms with Crippen LogP contribution in [0.1, 0.15) is 40.8 Å². The van der Waals surface area contributed by atoms with Crippen LogP contribution in [-0.4, -0.2) is 44.3 Å². The number of pyridine rings is 1. The largest absolute Gasteiger partial charge is 0.381 e. The van der Waals surface area contributed by atoms with E-state index in [9.17, 15) is 0 Å². The minimum absolute atomic E-state index is 0.320. The minimum Gasteiger partial charge on any atom is -0.381 e. The second-order valence-electron chi connectivity index (χ2n) is 7.18. The van der Waals surface area contributed by atoms with Crippen LogP contribution in [0, 0.1) is 13.8 Å². The molecule has 134 valence electrons. The van der Waals surface area contributed by atoms with E-state index in [0.29, 0.717) is 5.92 Å². The highest BCUT2D eigenvalue weighted by molar-refractivity contribution is 5.73. The van der Waals surface area contributed by atoms with E-state index in [-0.39, 0.29) is 0 Å². The molecule has 3 aromatic rings. The minimum atomic E-state index is 0.320. The van der Waals surface area contributed by atoms with Gasteiger partial charge in [-0.25, -0.2) is 14.5 Å². The lowest BCUT2D eigenvalue weighted by Crippen LogP contribution is -2.32. The number of nitrogens with zero attached hydrogens (tertiary/aromatic N) is 6. The van der Waals surface area contributed by atoms with E-state index in [0.717, 1.165) is 73.4 Å². The maximum Gasteiger partial charge on any atom is 0.158 e. The first-order valence-electron chi connectivity index (χ1n) is 9.19. The number of fused-ring (bicyclic) bond motifs is 2. The van der Waals surface area contributed by atoms with Crippen molar-refractivity contribution in [2.45, 2.75) is 39.2 Å². The number of imidazole rings is 1. The summed E-state index contributed by atoms with van der Waals surface area (Å²) in [7, 11) is 0. The monoisotopic (exact) mass is 350 g/mol. The van der Waals surface area contributed by atoms with Crippen LogP contribution in [0.5, 0.6) is 0 Å². The van der Waals surface area contributed by atoms with Crippen molar-refractivity contribution in [3.63, 3.8) is 0 Å². The molecule has 2 aliphatic rings. The molecule has 5 rings (SSSR count). The number of hydrogen-bond donors (Lipinski definition) is 0. The van der Waals surface area contributed by atoms with Gasteiger partial charge >= 0.3 is 0 Å². The van der Waals surface area contributed by atoms with Gasteiger partial charge in [-0.1, -0.05) is 6.07 Å². The Balaban J connectivity index is 1.61.